The molecule has 7 unspecified atom stereocenters. The van der Waals surface area contributed by atoms with Gasteiger partial charge in [0.1, 0.15) is 24.4 Å². The topological polar surface area (TPSA) is 63.2 Å². The molecular formula is C20H18O6. The van der Waals surface area contributed by atoms with E-state index in [1.54, 1.807) is 0 Å². The average molecular weight is 354 g/mol. The first kappa shape index (κ1) is 16.1. The van der Waals surface area contributed by atoms with Crippen LogP contribution in [0.2, 0.25) is 0 Å². The summed E-state index contributed by atoms with van der Waals surface area (Å²) in [6, 6.07) is 19.2. The maximum atomic E-state index is 11.5. The smallest absolute Gasteiger partial charge is 0.190 e. The molecule has 0 N–H and O–H groups in total. The van der Waals surface area contributed by atoms with E-state index < -0.39 is 43.3 Å². The summed E-state index contributed by atoms with van der Waals surface area (Å²) in [4.78, 5) is 11.5. The minimum absolute atomic E-state index is 0.414. The molecule has 3 aliphatic rings. The van der Waals surface area contributed by atoms with Gasteiger partial charge in [-0.15, -0.1) is 0 Å². The van der Waals surface area contributed by atoms with Crippen LogP contribution in [0.3, 0.4) is 0 Å². The van der Waals surface area contributed by atoms with Crippen molar-refractivity contribution in [1.82, 2.24) is 0 Å². The van der Waals surface area contributed by atoms with E-state index in [1.807, 2.05) is 60.7 Å². The molecule has 7 atom stereocenters. The zero-order valence-corrected chi connectivity index (χ0v) is 13.8. The molecular weight excluding hydrogens is 336 g/mol. The van der Waals surface area contributed by atoms with E-state index >= 15 is 0 Å². The van der Waals surface area contributed by atoms with Gasteiger partial charge >= 0.3 is 0 Å². The number of hydrogen-bond acceptors (Lipinski definition) is 6. The molecule has 134 valence electrons. The molecule has 0 aliphatic carbocycles. The molecule has 6 nitrogen and oxygen atoms in total. The predicted molar refractivity (Wildman–Crippen MR) is 88.8 cm³/mol. The van der Waals surface area contributed by atoms with Crippen LogP contribution in [0.1, 0.15) is 23.7 Å². The first-order valence-electron chi connectivity index (χ1n) is 8.66. The Hall–Kier alpha value is -2.09. The Balaban J connectivity index is 1.38. The lowest BCUT2D eigenvalue weighted by Crippen LogP contribution is -2.49. The van der Waals surface area contributed by atoms with E-state index in [0.717, 1.165) is 17.4 Å². The fourth-order valence-electron chi connectivity index (χ4n) is 3.66. The van der Waals surface area contributed by atoms with Gasteiger partial charge in [0.15, 0.2) is 25.2 Å². The van der Waals surface area contributed by atoms with Crippen molar-refractivity contribution in [2.75, 3.05) is 0 Å². The summed E-state index contributed by atoms with van der Waals surface area (Å²) >= 11 is 0. The second-order valence-electron chi connectivity index (χ2n) is 6.53. The van der Waals surface area contributed by atoms with Gasteiger partial charge in [-0.2, -0.15) is 0 Å². The Labute approximate surface area is 150 Å². The number of ether oxygens (including phenoxy) is 5. The molecule has 0 radical (unpaired) electrons. The maximum Gasteiger partial charge on any atom is 0.190 e. The minimum atomic E-state index is -0.730. The van der Waals surface area contributed by atoms with E-state index in [1.165, 1.54) is 0 Å². The molecule has 0 amide bonds. The van der Waals surface area contributed by atoms with Crippen LogP contribution >= 0.6 is 0 Å². The molecule has 3 saturated heterocycles. The van der Waals surface area contributed by atoms with Crippen LogP contribution in [0.5, 0.6) is 0 Å². The SMILES string of the molecule is O=CC1OC(c2ccccc2)OC2C1OC1OC(c3ccccc3)OC12. The van der Waals surface area contributed by atoms with Crippen LogP contribution in [0.4, 0.5) is 0 Å². The molecule has 3 aliphatic heterocycles. The van der Waals surface area contributed by atoms with Gasteiger partial charge in [0.05, 0.1) is 0 Å². The Morgan fingerprint density at radius 2 is 1.19 bits per heavy atom. The Bertz CT molecular complexity index is 766. The third-order valence-electron chi connectivity index (χ3n) is 4.91. The highest BCUT2D eigenvalue weighted by atomic mass is 16.8. The largest absolute Gasteiger partial charge is 0.340 e. The first-order chi connectivity index (χ1) is 12.8. The summed E-state index contributed by atoms with van der Waals surface area (Å²) in [6.07, 6.45) is -3.11. The van der Waals surface area contributed by atoms with E-state index in [4.69, 9.17) is 23.7 Å². The van der Waals surface area contributed by atoms with Crippen LogP contribution in [-0.2, 0) is 28.5 Å². The van der Waals surface area contributed by atoms with Crippen molar-refractivity contribution < 1.29 is 28.5 Å². The minimum Gasteiger partial charge on any atom is -0.340 e. The molecule has 0 bridgehead atoms. The molecule has 6 heteroatoms. The number of carbonyl (C=O) groups excluding carboxylic acids is 1. The zero-order valence-electron chi connectivity index (χ0n) is 13.8. The van der Waals surface area contributed by atoms with Gasteiger partial charge in [-0.05, 0) is 0 Å². The highest BCUT2D eigenvalue weighted by Gasteiger charge is 2.58. The van der Waals surface area contributed by atoms with Crippen molar-refractivity contribution in [3.8, 4) is 0 Å². The van der Waals surface area contributed by atoms with Crippen molar-refractivity contribution in [2.24, 2.45) is 0 Å². The van der Waals surface area contributed by atoms with Gasteiger partial charge < -0.3 is 28.5 Å². The zero-order chi connectivity index (χ0) is 17.5. The second kappa shape index (κ2) is 6.57. The fourth-order valence-corrected chi connectivity index (χ4v) is 3.66. The lowest BCUT2D eigenvalue weighted by molar-refractivity contribution is -0.292. The molecule has 5 rings (SSSR count). The number of hydrogen-bond donors (Lipinski definition) is 0. The summed E-state index contributed by atoms with van der Waals surface area (Å²) in [5.74, 6) is 0. The van der Waals surface area contributed by atoms with Gasteiger partial charge in [0.2, 0.25) is 0 Å². The Morgan fingerprint density at radius 3 is 1.81 bits per heavy atom. The molecule has 0 spiro atoms. The fraction of sp³-hybridized carbons (Fsp3) is 0.350. The summed E-state index contributed by atoms with van der Waals surface area (Å²) in [6.45, 7) is 0. The molecule has 0 aromatic heterocycles. The average Bonchev–Trinajstić information content (AvgIpc) is 3.27. The van der Waals surface area contributed by atoms with E-state index in [9.17, 15) is 4.79 Å². The van der Waals surface area contributed by atoms with E-state index in [-0.39, 0.29) is 0 Å². The summed E-state index contributed by atoms with van der Waals surface area (Å²) in [7, 11) is 0. The lowest BCUT2D eigenvalue weighted by Gasteiger charge is -2.37. The molecule has 3 fully saturated rings. The van der Waals surface area contributed by atoms with Crippen molar-refractivity contribution >= 4 is 6.29 Å². The maximum absolute atomic E-state index is 11.5. The lowest BCUT2D eigenvalue weighted by atomic mass is 10.0. The third-order valence-corrected chi connectivity index (χ3v) is 4.91. The molecule has 0 saturated carbocycles. The number of fused-ring (bicyclic) bond motifs is 3. The van der Waals surface area contributed by atoms with Gasteiger partial charge in [-0.3, -0.25) is 0 Å². The van der Waals surface area contributed by atoms with E-state index in [0.29, 0.717) is 0 Å². The Kier molecular flexibility index (Phi) is 4.07. The Morgan fingerprint density at radius 1 is 0.615 bits per heavy atom. The normalized spacial score (nSPS) is 38.5. The summed E-state index contributed by atoms with van der Waals surface area (Å²) in [5.41, 5.74) is 1.76. The van der Waals surface area contributed by atoms with E-state index in [2.05, 4.69) is 0 Å². The van der Waals surface area contributed by atoms with Crippen molar-refractivity contribution in [2.45, 2.75) is 43.3 Å². The molecule has 26 heavy (non-hydrogen) atoms. The predicted octanol–water partition coefficient (Wildman–Crippen LogP) is 2.51. The van der Waals surface area contributed by atoms with Crippen molar-refractivity contribution in [3.05, 3.63) is 71.8 Å². The highest BCUT2D eigenvalue weighted by Crippen LogP contribution is 2.45. The van der Waals surface area contributed by atoms with Gasteiger partial charge in [-0.25, -0.2) is 0 Å². The van der Waals surface area contributed by atoms with Crippen molar-refractivity contribution in [1.29, 1.82) is 0 Å². The summed E-state index contributed by atoms with van der Waals surface area (Å²) in [5, 5.41) is 0. The number of carbonyl (C=O) groups is 1. The van der Waals surface area contributed by atoms with Gasteiger partial charge in [0, 0.05) is 11.1 Å². The monoisotopic (exact) mass is 354 g/mol. The van der Waals surface area contributed by atoms with Gasteiger partial charge in [0.25, 0.3) is 0 Å². The number of benzene rings is 2. The first-order valence-corrected chi connectivity index (χ1v) is 8.66. The van der Waals surface area contributed by atoms with Crippen LogP contribution in [0.15, 0.2) is 60.7 Å². The second-order valence-corrected chi connectivity index (χ2v) is 6.53. The van der Waals surface area contributed by atoms with Gasteiger partial charge in [-0.1, -0.05) is 60.7 Å². The summed E-state index contributed by atoms with van der Waals surface area (Å²) < 4.78 is 29.8. The molecule has 2 aromatic rings. The van der Waals surface area contributed by atoms with Crippen molar-refractivity contribution in [3.63, 3.8) is 0 Å². The number of rotatable bonds is 3. The van der Waals surface area contributed by atoms with Crippen LogP contribution in [0.25, 0.3) is 0 Å². The quantitative estimate of drug-likeness (QED) is 0.790. The standard InChI is InChI=1S/C20H18O6/c21-11-14-15-16(24-18(22-14)12-7-3-1-4-8-12)17-20(23-15)26-19(25-17)13-9-5-2-6-10-13/h1-11,14-20H. The van der Waals surface area contributed by atoms with Crippen LogP contribution in [-0.4, -0.2) is 37.0 Å². The third kappa shape index (κ3) is 2.67. The molecule has 3 heterocycles. The van der Waals surface area contributed by atoms with Crippen LogP contribution in [0, 0.1) is 0 Å². The van der Waals surface area contributed by atoms with Crippen LogP contribution < -0.4 is 0 Å². The number of aldehydes is 1. The highest BCUT2D eigenvalue weighted by molar-refractivity contribution is 5.58. The molecule has 2 aromatic carbocycles.